The van der Waals surface area contributed by atoms with Crippen molar-refractivity contribution in [3.05, 3.63) is 95.3 Å². The Labute approximate surface area is 460 Å². The number of hydrogen-bond acceptors (Lipinski definition) is 16. The maximum absolute atomic E-state index is 11.9. The van der Waals surface area contributed by atoms with E-state index >= 15 is 0 Å². The fraction of sp³-hybridized carbons (Fsp3) is 0.432. The maximum Gasteiger partial charge on any atom is 1.00 e. The minimum absolute atomic E-state index is 0. The van der Waals surface area contributed by atoms with E-state index in [4.69, 9.17) is 0 Å². The Morgan fingerprint density at radius 3 is 1.67 bits per heavy atom. The first kappa shape index (κ1) is 63.4. The molecule has 2 aliphatic rings. The Hall–Kier alpha value is 0.420. The molecule has 0 fully saturated rings. The van der Waals surface area contributed by atoms with Crippen molar-refractivity contribution in [2.24, 2.45) is 0 Å². The zero-order valence-electron chi connectivity index (χ0n) is 36.6. The molecule has 2 aromatic carbocycles. The summed E-state index contributed by atoms with van der Waals surface area (Å²) in [6, 6.07) is 7.77. The van der Waals surface area contributed by atoms with Crippen molar-refractivity contribution in [1.29, 1.82) is 0 Å². The zero-order valence-corrected chi connectivity index (χ0v) is 48.6. The average molecular weight is 1010 g/mol. The summed E-state index contributed by atoms with van der Waals surface area (Å²) in [4.78, 5) is 0.890. The molecule has 0 spiro atoms. The summed E-state index contributed by atoms with van der Waals surface area (Å²) in [6.07, 6.45) is 9.91. The van der Waals surface area contributed by atoms with Crippen LogP contribution in [0.1, 0.15) is 70.9 Å². The molecular weight excluding hydrogens is 965 g/mol. The first-order valence-electron chi connectivity index (χ1n) is 18.1. The Kier molecular flexibility index (Phi) is 25.0. The third-order valence-corrected chi connectivity index (χ3v) is 14.1. The maximum atomic E-state index is 11.9. The monoisotopic (exact) mass is 1010 g/mol. The van der Waals surface area contributed by atoms with E-state index in [1.54, 1.807) is 73.6 Å². The second-order valence-electron chi connectivity index (χ2n) is 15.2. The van der Waals surface area contributed by atoms with Gasteiger partial charge in [-0.25, -0.2) is 42.1 Å². The summed E-state index contributed by atoms with van der Waals surface area (Å²) < 4.78 is 175. The second kappa shape index (κ2) is 24.8. The Bertz CT molecular complexity index is 2720. The van der Waals surface area contributed by atoms with E-state index in [0.29, 0.717) is 39.5 Å². The third-order valence-electron chi connectivity index (χ3n) is 10.1. The minimum atomic E-state index is -4.82. The van der Waals surface area contributed by atoms with E-state index < -0.39 is 88.5 Å². The molecule has 0 bridgehead atoms. The fourth-order valence-corrected chi connectivity index (χ4v) is 9.79. The average Bonchev–Trinajstić information content (AvgIpc) is 3.42. The summed E-state index contributed by atoms with van der Waals surface area (Å²) in [5.74, 6) is -1.95. The number of nitrogens with zero attached hydrogens (tertiary/aromatic N) is 2. The van der Waals surface area contributed by atoms with Crippen molar-refractivity contribution in [2.45, 2.75) is 80.4 Å². The van der Waals surface area contributed by atoms with E-state index in [2.05, 4.69) is 0 Å². The van der Waals surface area contributed by atoms with Gasteiger partial charge in [-0.2, -0.15) is 4.58 Å². The molecule has 2 aliphatic heterocycles. The summed E-state index contributed by atoms with van der Waals surface area (Å²) in [7, 11) is -23.3. The van der Waals surface area contributed by atoms with Gasteiger partial charge in [-0.15, -0.1) is 0 Å². The van der Waals surface area contributed by atoms with Crippen LogP contribution in [0.15, 0.2) is 93.9 Å². The van der Waals surface area contributed by atoms with Crippen LogP contribution < -0.4 is 123 Å². The molecule has 4 rings (SSSR count). The van der Waals surface area contributed by atoms with Gasteiger partial charge in [0.25, 0.3) is 0 Å². The largest absolute Gasteiger partial charge is 1.00 e. The normalized spacial score (nSPS) is 16.9. The number of anilines is 1. The number of rotatable bonds is 19. The summed E-state index contributed by atoms with van der Waals surface area (Å²) in [5.41, 5.74) is 1.75. The predicted octanol–water partition coefficient (Wildman–Crippen LogP) is -8.81. The number of benzene rings is 2. The molecule has 0 saturated heterocycles. The first-order chi connectivity index (χ1) is 26.9. The zero-order chi connectivity index (χ0) is 44.4. The molecule has 63 heavy (non-hydrogen) atoms. The number of hydrogen-bond donors (Lipinski definition) is 0. The van der Waals surface area contributed by atoms with Crippen LogP contribution >= 0.6 is 0 Å². The van der Waals surface area contributed by atoms with E-state index in [0.717, 1.165) is 12.1 Å². The molecule has 0 saturated carbocycles. The number of unbranched alkanes of at least 4 members (excludes halogenated alkanes) is 2. The minimum Gasteiger partial charge on any atom is -0.748 e. The van der Waals surface area contributed by atoms with E-state index in [9.17, 15) is 64.9 Å². The van der Waals surface area contributed by atoms with Gasteiger partial charge < -0.3 is 27.7 Å². The van der Waals surface area contributed by atoms with Gasteiger partial charge in [-0.1, -0.05) is 38.2 Å². The van der Waals surface area contributed by atoms with Gasteiger partial charge in [0.15, 0.2) is 5.71 Å². The Morgan fingerprint density at radius 1 is 0.635 bits per heavy atom. The van der Waals surface area contributed by atoms with Crippen LogP contribution in [0.25, 0.3) is 0 Å². The molecule has 0 atom stereocenters. The van der Waals surface area contributed by atoms with Crippen molar-refractivity contribution < 1.29 is 188 Å². The van der Waals surface area contributed by atoms with Crippen LogP contribution in [0.2, 0.25) is 0 Å². The first-order valence-corrected chi connectivity index (χ1v) is 25.7. The van der Waals surface area contributed by atoms with Crippen molar-refractivity contribution in [3.8, 4) is 0 Å². The molecule has 0 amide bonds. The van der Waals surface area contributed by atoms with E-state index in [1.807, 2.05) is 0 Å². The van der Waals surface area contributed by atoms with Crippen LogP contribution in [0, 0.1) is 0 Å². The molecule has 326 valence electrons. The molecular formula is C37H44N2Na4O15S5. The Morgan fingerprint density at radius 2 is 1.14 bits per heavy atom. The van der Waals surface area contributed by atoms with Crippen LogP contribution in [0.3, 0.4) is 0 Å². The Balaban J connectivity index is 0.00000961. The number of allylic oxidation sites excluding steroid dienone is 8. The van der Waals surface area contributed by atoms with Crippen molar-refractivity contribution in [3.63, 3.8) is 0 Å². The molecule has 26 heteroatoms. The van der Waals surface area contributed by atoms with Gasteiger partial charge >= 0.3 is 118 Å². The number of fused-ring (bicyclic) bond motifs is 2. The second-order valence-corrected chi connectivity index (χ2v) is 22.5. The van der Waals surface area contributed by atoms with Crippen LogP contribution in [-0.4, -0.2) is 105 Å². The summed E-state index contributed by atoms with van der Waals surface area (Å²) in [5, 5.41) is 0. The standard InChI is InChI=1S/C37H48N2O15S5.4Na/c1-36(2)30-25-28(58(49,50)51)15-17-32(30)38(20-5-7-22-55(40,41)42)34(36)13-9-11-27(19-24-57(46,47)48)12-10-14-35-37(3,4)31-26-29(59(52,53)54)16-18-33(31)39(35)21-6-8-23-56(43,44)45;;;;/h9-18,25-26H,5-8,19-24H2,1-4H3,(H4-,40,41,42,43,44,45,46,47,48,49,50,51,52,53,54);;;;/q;4*+1/p-4. The van der Waals surface area contributed by atoms with E-state index in [-0.39, 0.29) is 163 Å². The van der Waals surface area contributed by atoms with Crippen molar-refractivity contribution >= 4 is 67.7 Å². The summed E-state index contributed by atoms with van der Waals surface area (Å²) in [6.45, 7) is 7.51. The van der Waals surface area contributed by atoms with E-state index in [1.165, 1.54) is 24.3 Å². The molecule has 0 unspecified atom stereocenters. The van der Waals surface area contributed by atoms with Gasteiger partial charge in [0.1, 0.15) is 26.8 Å². The van der Waals surface area contributed by atoms with Crippen molar-refractivity contribution in [2.75, 3.05) is 35.2 Å². The van der Waals surface area contributed by atoms with Gasteiger partial charge in [-0.3, -0.25) is 0 Å². The topological polar surface area (TPSA) is 292 Å². The van der Waals surface area contributed by atoms with Gasteiger partial charge in [-0.05, 0) is 87.1 Å². The van der Waals surface area contributed by atoms with Crippen molar-refractivity contribution in [1.82, 2.24) is 0 Å². The smallest absolute Gasteiger partial charge is 0.748 e. The molecule has 17 nitrogen and oxygen atoms in total. The van der Waals surface area contributed by atoms with Crippen LogP contribution in [-0.2, 0) is 61.4 Å². The SMILES string of the molecule is CC1(C)C(/C=C/C=C(/C=C/C=C2/N(CCCCS(=O)(=O)[O-])c3ccc(S(=O)(=O)[O-])cc3C2(C)C)CCS(=O)(=O)[O-])=[N+](CCCCS(=O)(=O)[O-])c2ccc(S(=O)(=O)[O-])cc21.[Na+].[Na+].[Na+].[Na+]. The molecule has 0 radical (unpaired) electrons. The van der Waals surface area contributed by atoms with Crippen LogP contribution in [0.5, 0.6) is 0 Å². The van der Waals surface area contributed by atoms with Crippen LogP contribution in [0.4, 0.5) is 11.4 Å². The summed E-state index contributed by atoms with van der Waals surface area (Å²) >= 11 is 0. The molecule has 0 N–H and O–H groups in total. The third kappa shape index (κ3) is 18.0. The predicted molar refractivity (Wildman–Crippen MR) is 213 cm³/mol. The quantitative estimate of drug-likeness (QED) is 0.0415. The molecule has 0 aromatic heterocycles. The van der Waals surface area contributed by atoms with Gasteiger partial charge in [0, 0.05) is 64.7 Å². The van der Waals surface area contributed by atoms with Gasteiger partial charge in [0.2, 0.25) is 5.69 Å². The fourth-order valence-electron chi connectivity index (χ4n) is 7.19. The molecule has 0 aliphatic carbocycles. The van der Waals surface area contributed by atoms with Gasteiger partial charge in [0.05, 0.1) is 45.6 Å². The molecule has 2 aromatic rings. The molecule has 2 heterocycles.